The summed E-state index contributed by atoms with van der Waals surface area (Å²) >= 11 is 0. The predicted octanol–water partition coefficient (Wildman–Crippen LogP) is 4.79. The maximum absolute atomic E-state index is 12.1. The molecule has 4 rings (SSSR count). The van der Waals surface area contributed by atoms with E-state index in [0.29, 0.717) is 11.1 Å². The van der Waals surface area contributed by atoms with Crippen LogP contribution in [0.2, 0.25) is 0 Å². The van der Waals surface area contributed by atoms with E-state index >= 15 is 0 Å². The van der Waals surface area contributed by atoms with Crippen LogP contribution in [0.5, 0.6) is 0 Å². The lowest BCUT2D eigenvalue weighted by Gasteiger charge is -2.14. The second kappa shape index (κ2) is 8.72. The van der Waals surface area contributed by atoms with Gasteiger partial charge >= 0.3 is 6.09 Å². The van der Waals surface area contributed by atoms with Gasteiger partial charge in [0.15, 0.2) is 0 Å². The highest BCUT2D eigenvalue weighted by Crippen LogP contribution is 2.44. The van der Waals surface area contributed by atoms with Crippen LogP contribution < -0.4 is 5.32 Å². The molecule has 0 radical (unpaired) electrons. The number of hydrogen-bond donors (Lipinski definition) is 1. The Kier molecular flexibility index (Phi) is 5.67. The van der Waals surface area contributed by atoms with Gasteiger partial charge in [-0.1, -0.05) is 66.4 Å². The van der Waals surface area contributed by atoms with Crippen LogP contribution in [-0.2, 0) is 4.74 Å². The quantitative estimate of drug-likeness (QED) is 0.379. The molecule has 0 unspecified atom stereocenters. The van der Waals surface area contributed by atoms with Crippen molar-refractivity contribution < 1.29 is 14.5 Å². The highest BCUT2D eigenvalue weighted by atomic mass is 16.6. The van der Waals surface area contributed by atoms with Gasteiger partial charge in [-0.25, -0.2) is 4.79 Å². The molecular weight excluding hydrogens is 392 g/mol. The van der Waals surface area contributed by atoms with E-state index in [1.165, 1.54) is 17.2 Å². The smallest absolute Gasteiger partial charge is 0.407 e. The van der Waals surface area contributed by atoms with Gasteiger partial charge in [0.05, 0.1) is 11.5 Å². The minimum atomic E-state index is -0.550. The number of hydrogen-bond acceptors (Lipinski definition) is 4. The Morgan fingerprint density at radius 3 is 2.35 bits per heavy atom. The van der Waals surface area contributed by atoms with Crippen molar-refractivity contribution in [3.8, 4) is 23.0 Å². The van der Waals surface area contributed by atoms with Gasteiger partial charge in [0.1, 0.15) is 6.61 Å². The average molecular weight is 412 g/mol. The van der Waals surface area contributed by atoms with E-state index in [9.17, 15) is 14.9 Å². The molecule has 0 saturated heterocycles. The number of nitro groups is 1. The highest BCUT2D eigenvalue weighted by molar-refractivity contribution is 5.79. The zero-order chi connectivity index (χ0) is 21.8. The summed E-state index contributed by atoms with van der Waals surface area (Å²) in [6.07, 6.45) is -0.550. The van der Waals surface area contributed by atoms with E-state index < -0.39 is 11.0 Å². The van der Waals surface area contributed by atoms with Crippen LogP contribution >= 0.6 is 0 Å². The number of aryl methyl sites for hydroxylation is 1. The summed E-state index contributed by atoms with van der Waals surface area (Å²) in [6.45, 7) is 1.99. The number of nitrogens with one attached hydrogen (secondary N) is 1. The van der Waals surface area contributed by atoms with Crippen LogP contribution in [0.3, 0.4) is 0 Å². The van der Waals surface area contributed by atoms with Crippen molar-refractivity contribution >= 4 is 11.8 Å². The fourth-order valence-electron chi connectivity index (χ4n) is 3.80. The second-order valence-electron chi connectivity index (χ2n) is 7.24. The van der Waals surface area contributed by atoms with Crippen molar-refractivity contribution in [2.45, 2.75) is 12.8 Å². The molecule has 0 heterocycles. The Morgan fingerprint density at radius 2 is 1.71 bits per heavy atom. The van der Waals surface area contributed by atoms with E-state index in [1.807, 2.05) is 24.3 Å². The van der Waals surface area contributed by atoms with E-state index in [4.69, 9.17) is 4.74 Å². The molecule has 1 N–H and O–H groups in total. The number of nitrogens with zero attached hydrogens (tertiary/aromatic N) is 1. The maximum Gasteiger partial charge on any atom is 0.407 e. The van der Waals surface area contributed by atoms with Crippen LogP contribution in [0.1, 0.15) is 28.2 Å². The normalized spacial score (nSPS) is 11.6. The summed E-state index contributed by atoms with van der Waals surface area (Å²) in [5.41, 5.74) is 5.76. The molecule has 1 aliphatic rings. The fourth-order valence-corrected chi connectivity index (χ4v) is 3.80. The molecule has 6 heteroatoms. The van der Waals surface area contributed by atoms with Gasteiger partial charge in [-0.2, -0.15) is 0 Å². The van der Waals surface area contributed by atoms with Crippen LogP contribution in [-0.4, -0.2) is 24.2 Å². The summed E-state index contributed by atoms with van der Waals surface area (Å²) in [7, 11) is 0. The van der Waals surface area contributed by atoms with Crippen LogP contribution in [0.15, 0.2) is 66.7 Å². The molecule has 0 spiro atoms. The van der Waals surface area contributed by atoms with Gasteiger partial charge in [-0.05, 0) is 35.2 Å². The van der Waals surface area contributed by atoms with E-state index in [1.54, 1.807) is 19.1 Å². The number of nitro benzene ring substituents is 1. The number of alkyl carbamates (subject to hydrolysis) is 1. The molecule has 0 bridgehead atoms. The van der Waals surface area contributed by atoms with E-state index in [2.05, 4.69) is 41.4 Å². The van der Waals surface area contributed by atoms with E-state index in [0.717, 1.165) is 11.1 Å². The number of carbonyl (C=O) groups is 1. The third kappa shape index (κ3) is 4.26. The summed E-state index contributed by atoms with van der Waals surface area (Å²) < 4.78 is 5.45. The largest absolute Gasteiger partial charge is 0.449 e. The van der Waals surface area contributed by atoms with Crippen molar-refractivity contribution in [3.05, 3.63) is 99.1 Å². The van der Waals surface area contributed by atoms with E-state index in [-0.39, 0.29) is 24.8 Å². The van der Waals surface area contributed by atoms with Crippen molar-refractivity contribution in [2.24, 2.45) is 0 Å². The van der Waals surface area contributed by atoms with Gasteiger partial charge in [0, 0.05) is 23.1 Å². The number of ether oxygens (including phenoxy) is 1. The topological polar surface area (TPSA) is 81.5 Å². The first kappa shape index (κ1) is 20.2. The molecular formula is C25H20N2O4. The molecule has 3 aromatic rings. The SMILES string of the molecule is Cc1ccc(C#CCNC(=O)OCC2c3ccccc3-c3ccccc32)cc1[N+](=O)[O-]. The molecule has 1 amide bonds. The Bertz CT molecular complexity index is 1180. The molecule has 0 fully saturated rings. The fraction of sp³-hybridized carbons (Fsp3) is 0.160. The molecule has 3 aromatic carbocycles. The summed E-state index contributed by atoms with van der Waals surface area (Å²) in [5.74, 6) is 5.61. The van der Waals surface area contributed by atoms with Crippen LogP contribution in [0.4, 0.5) is 10.5 Å². The van der Waals surface area contributed by atoms with Gasteiger partial charge < -0.3 is 10.1 Å². The number of fused-ring (bicyclic) bond motifs is 3. The number of carbonyl (C=O) groups excluding carboxylic acids is 1. The van der Waals surface area contributed by atoms with Crippen molar-refractivity contribution in [2.75, 3.05) is 13.2 Å². The molecule has 0 saturated carbocycles. The lowest BCUT2D eigenvalue weighted by Crippen LogP contribution is -2.26. The maximum atomic E-state index is 12.1. The summed E-state index contributed by atoms with van der Waals surface area (Å²) in [5, 5.41) is 13.6. The van der Waals surface area contributed by atoms with Crippen molar-refractivity contribution in [1.82, 2.24) is 5.32 Å². The Hall–Kier alpha value is -4.11. The predicted molar refractivity (Wildman–Crippen MR) is 118 cm³/mol. The molecule has 154 valence electrons. The monoisotopic (exact) mass is 412 g/mol. The lowest BCUT2D eigenvalue weighted by atomic mass is 9.98. The van der Waals surface area contributed by atoms with Gasteiger partial charge in [0.2, 0.25) is 0 Å². The Morgan fingerprint density at radius 1 is 1.06 bits per heavy atom. The minimum Gasteiger partial charge on any atom is -0.449 e. The third-order valence-corrected chi connectivity index (χ3v) is 5.30. The lowest BCUT2D eigenvalue weighted by molar-refractivity contribution is -0.385. The molecule has 1 aliphatic carbocycles. The van der Waals surface area contributed by atoms with Crippen LogP contribution in [0, 0.1) is 28.9 Å². The first-order valence-electron chi connectivity index (χ1n) is 9.87. The van der Waals surface area contributed by atoms with Crippen LogP contribution in [0.25, 0.3) is 11.1 Å². The Labute approximate surface area is 180 Å². The zero-order valence-corrected chi connectivity index (χ0v) is 16.9. The van der Waals surface area contributed by atoms with Gasteiger partial charge in [0.25, 0.3) is 5.69 Å². The highest BCUT2D eigenvalue weighted by Gasteiger charge is 2.28. The molecule has 6 nitrogen and oxygen atoms in total. The number of amides is 1. The zero-order valence-electron chi connectivity index (χ0n) is 16.9. The first-order chi connectivity index (χ1) is 15.0. The average Bonchev–Trinajstić information content (AvgIpc) is 3.10. The second-order valence-corrected chi connectivity index (χ2v) is 7.24. The molecule has 0 aromatic heterocycles. The summed E-state index contributed by atoms with van der Waals surface area (Å²) in [4.78, 5) is 22.7. The third-order valence-electron chi connectivity index (χ3n) is 5.30. The van der Waals surface area contributed by atoms with Crippen molar-refractivity contribution in [3.63, 3.8) is 0 Å². The number of benzene rings is 3. The minimum absolute atomic E-state index is 0.00246. The van der Waals surface area contributed by atoms with Gasteiger partial charge in [-0.15, -0.1) is 0 Å². The summed E-state index contributed by atoms with van der Waals surface area (Å²) in [6, 6.07) is 21.1. The molecule has 0 atom stereocenters. The molecule has 0 aliphatic heterocycles. The standard InChI is InChI=1S/C25H20N2O4/c1-17-12-13-18(15-24(17)27(29)30)7-6-14-26-25(28)31-16-23-21-10-4-2-8-19(21)20-9-3-5-11-22(20)23/h2-5,8-13,15,23H,14,16H2,1H3,(H,26,28). The molecule has 31 heavy (non-hydrogen) atoms. The van der Waals surface area contributed by atoms with Gasteiger partial charge in [-0.3, -0.25) is 10.1 Å². The first-order valence-corrected chi connectivity index (χ1v) is 9.87. The van der Waals surface area contributed by atoms with Crippen molar-refractivity contribution in [1.29, 1.82) is 0 Å². The Balaban J connectivity index is 1.35. The number of rotatable bonds is 4.